The van der Waals surface area contributed by atoms with Crippen LogP contribution in [0.1, 0.15) is 18.5 Å². The molecule has 3 heterocycles. The largest absolute Gasteiger partial charge is 0.378 e. The molecule has 1 atom stereocenters. The van der Waals surface area contributed by atoms with E-state index in [1.54, 1.807) is 18.7 Å². The van der Waals surface area contributed by atoms with Crippen LogP contribution in [-0.2, 0) is 7.05 Å². The van der Waals surface area contributed by atoms with E-state index in [-0.39, 0.29) is 6.04 Å². The highest BCUT2D eigenvalue weighted by molar-refractivity contribution is 5.97. The minimum atomic E-state index is 0.0634. The second-order valence-electron chi connectivity index (χ2n) is 7.19. The van der Waals surface area contributed by atoms with E-state index in [0.29, 0.717) is 0 Å². The highest BCUT2D eigenvalue weighted by Gasteiger charge is 2.12. The highest BCUT2D eigenvalue weighted by Crippen LogP contribution is 2.33. The van der Waals surface area contributed by atoms with Crippen LogP contribution in [-0.4, -0.2) is 24.5 Å². The van der Waals surface area contributed by atoms with Gasteiger partial charge in [-0.15, -0.1) is 0 Å². The number of aromatic nitrogens is 5. The molecule has 0 amide bonds. The van der Waals surface area contributed by atoms with E-state index < -0.39 is 0 Å². The molecule has 1 unspecified atom stereocenters. The summed E-state index contributed by atoms with van der Waals surface area (Å²) in [6.45, 7) is 2.09. The second-order valence-corrected chi connectivity index (χ2v) is 7.19. The average Bonchev–Trinajstić information content (AvgIpc) is 3.14. The first-order valence-electron chi connectivity index (χ1n) is 9.51. The molecular weight excluding hydrogens is 360 g/mol. The van der Waals surface area contributed by atoms with Gasteiger partial charge in [-0.05, 0) is 42.1 Å². The Morgan fingerprint density at radius 3 is 2.66 bits per heavy atom. The number of aryl methyl sites for hydroxylation is 1. The minimum Gasteiger partial charge on any atom is -0.378 e. The summed E-state index contributed by atoms with van der Waals surface area (Å²) < 4.78 is 2.13. The minimum absolute atomic E-state index is 0.0634. The third kappa shape index (κ3) is 3.18. The van der Waals surface area contributed by atoms with Crippen molar-refractivity contribution in [3.05, 3.63) is 79.3 Å². The molecule has 142 valence electrons. The van der Waals surface area contributed by atoms with Crippen LogP contribution in [0.25, 0.3) is 33.1 Å². The van der Waals surface area contributed by atoms with Crippen molar-refractivity contribution < 1.29 is 0 Å². The molecule has 0 aliphatic rings. The molecule has 3 aromatic heterocycles. The van der Waals surface area contributed by atoms with Crippen LogP contribution in [0.4, 0.5) is 5.69 Å². The molecular formula is C23H20N6. The van der Waals surface area contributed by atoms with Crippen LogP contribution in [0, 0.1) is 0 Å². The Bertz CT molecular complexity index is 1310. The molecule has 5 rings (SSSR count). The molecule has 0 radical (unpaired) electrons. The predicted molar refractivity (Wildman–Crippen MR) is 116 cm³/mol. The maximum Gasteiger partial charge on any atom is 0.115 e. The summed E-state index contributed by atoms with van der Waals surface area (Å²) in [4.78, 5) is 17.4. The molecule has 0 saturated carbocycles. The lowest BCUT2D eigenvalue weighted by Crippen LogP contribution is -2.07. The quantitative estimate of drug-likeness (QED) is 0.487. The van der Waals surface area contributed by atoms with E-state index in [9.17, 15) is 0 Å². The van der Waals surface area contributed by atoms with Crippen molar-refractivity contribution in [2.45, 2.75) is 13.0 Å². The summed E-state index contributed by atoms with van der Waals surface area (Å²) in [5.41, 5.74) is 7.11. The number of fused-ring (bicyclic) bond motifs is 2. The SMILES string of the molecule is CC(Nc1cc(-c2ccc3ccn(C)c3c2)c2nccnc2c1)c1cncnc1. The molecule has 5 aromatic rings. The van der Waals surface area contributed by atoms with Crippen molar-refractivity contribution >= 4 is 27.6 Å². The Morgan fingerprint density at radius 1 is 0.966 bits per heavy atom. The van der Waals surface area contributed by atoms with Gasteiger partial charge in [0.05, 0.1) is 17.1 Å². The van der Waals surface area contributed by atoms with Gasteiger partial charge in [-0.1, -0.05) is 12.1 Å². The van der Waals surface area contributed by atoms with Crippen LogP contribution in [0.5, 0.6) is 0 Å². The zero-order valence-corrected chi connectivity index (χ0v) is 16.2. The van der Waals surface area contributed by atoms with Gasteiger partial charge in [0.25, 0.3) is 0 Å². The topological polar surface area (TPSA) is 68.5 Å². The zero-order valence-electron chi connectivity index (χ0n) is 16.2. The van der Waals surface area contributed by atoms with Crippen LogP contribution >= 0.6 is 0 Å². The number of nitrogens with zero attached hydrogens (tertiary/aromatic N) is 5. The monoisotopic (exact) mass is 380 g/mol. The number of hydrogen-bond donors (Lipinski definition) is 1. The second kappa shape index (κ2) is 6.98. The van der Waals surface area contributed by atoms with Gasteiger partial charge in [0.2, 0.25) is 0 Å². The molecule has 0 saturated heterocycles. The Balaban J connectivity index is 1.63. The first-order valence-corrected chi connectivity index (χ1v) is 9.51. The average molecular weight is 380 g/mol. The fourth-order valence-corrected chi connectivity index (χ4v) is 3.68. The van der Waals surface area contributed by atoms with Crippen molar-refractivity contribution in [2.24, 2.45) is 7.05 Å². The van der Waals surface area contributed by atoms with Crippen LogP contribution in [0.15, 0.2) is 73.7 Å². The lowest BCUT2D eigenvalue weighted by molar-refractivity contribution is 0.862. The number of anilines is 1. The normalized spacial score (nSPS) is 12.3. The van der Waals surface area contributed by atoms with E-state index >= 15 is 0 Å². The summed E-state index contributed by atoms with van der Waals surface area (Å²) in [6.07, 6.45) is 10.7. The number of nitrogens with one attached hydrogen (secondary N) is 1. The number of rotatable bonds is 4. The molecule has 6 nitrogen and oxygen atoms in total. The number of benzene rings is 2. The zero-order chi connectivity index (χ0) is 19.8. The lowest BCUT2D eigenvalue weighted by Gasteiger charge is -2.17. The molecule has 0 aliphatic carbocycles. The van der Waals surface area contributed by atoms with Crippen molar-refractivity contribution in [3.63, 3.8) is 0 Å². The predicted octanol–water partition coefficient (Wildman–Crippen LogP) is 4.75. The standard InChI is InChI=1S/C23H20N6/c1-15(18-12-24-14-25-13-18)28-19-10-20(23-21(11-19)26-6-7-27-23)17-4-3-16-5-8-29(2)22(16)9-17/h3-15,28H,1-2H3. The van der Waals surface area contributed by atoms with Gasteiger partial charge in [0.1, 0.15) is 6.33 Å². The maximum atomic E-state index is 4.61. The Hall–Kier alpha value is -3.80. The van der Waals surface area contributed by atoms with Gasteiger partial charge in [0, 0.05) is 60.4 Å². The summed E-state index contributed by atoms with van der Waals surface area (Å²) >= 11 is 0. The van der Waals surface area contributed by atoms with Crippen LogP contribution < -0.4 is 5.32 Å². The summed E-state index contributed by atoms with van der Waals surface area (Å²) in [5.74, 6) is 0. The molecule has 0 fully saturated rings. The molecule has 0 aliphatic heterocycles. The third-order valence-electron chi connectivity index (χ3n) is 5.24. The summed E-state index contributed by atoms with van der Waals surface area (Å²) in [7, 11) is 2.06. The molecule has 0 bridgehead atoms. The summed E-state index contributed by atoms with van der Waals surface area (Å²) in [6, 6.07) is 12.9. The Labute approximate surface area is 168 Å². The van der Waals surface area contributed by atoms with Gasteiger partial charge in [-0.2, -0.15) is 0 Å². The van der Waals surface area contributed by atoms with Gasteiger partial charge >= 0.3 is 0 Å². The maximum absolute atomic E-state index is 4.61. The van der Waals surface area contributed by atoms with Crippen LogP contribution in [0.3, 0.4) is 0 Å². The highest BCUT2D eigenvalue weighted by atomic mass is 14.9. The van der Waals surface area contributed by atoms with Gasteiger partial charge in [-0.25, -0.2) is 9.97 Å². The Morgan fingerprint density at radius 2 is 1.79 bits per heavy atom. The van der Waals surface area contributed by atoms with Crippen LogP contribution in [0.2, 0.25) is 0 Å². The van der Waals surface area contributed by atoms with Crippen molar-refractivity contribution in [1.82, 2.24) is 24.5 Å². The molecule has 29 heavy (non-hydrogen) atoms. The van der Waals surface area contributed by atoms with E-state index in [2.05, 4.69) is 80.3 Å². The van der Waals surface area contributed by atoms with E-state index in [1.807, 2.05) is 18.5 Å². The van der Waals surface area contributed by atoms with Gasteiger partial charge in [-0.3, -0.25) is 9.97 Å². The molecule has 0 spiro atoms. The van der Waals surface area contributed by atoms with E-state index in [1.165, 1.54) is 10.9 Å². The summed E-state index contributed by atoms with van der Waals surface area (Å²) in [5, 5.41) is 4.77. The Kier molecular flexibility index (Phi) is 4.17. The lowest BCUT2D eigenvalue weighted by atomic mass is 10.0. The van der Waals surface area contributed by atoms with E-state index in [4.69, 9.17) is 0 Å². The van der Waals surface area contributed by atoms with Crippen molar-refractivity contribution in [1.29, 1.82) is 0 Å². The fourth-order valence-electron chi connectivity index (χ4n) is 3.68. The van der Waals surface area contributed by atoms with Crippen molar-refractivity contribution in [2.75, 3.05) is 5.32 Å². The molecule has 1 N–H and O–H groups in total. The third-order valence-corrected chi connectivity index (χ3v) is 5.24. The van der Waals surface area contributed by atoms with Gasteiger partial charge in [0.15, 0.2) is 0 Å². The van der Waals surface area contributed by atoms with Gasteiger partial charge < -0.3 is 9.88 Å². The fraction of sp³-hybridized carbons (Fsp3) is 0.130. The first kappa shape index (κ1) is 17.3. The molecule has 6 heteroatoms. The number of hydrogen-bond acceptors (Lipinski definition) is 5. The first-order chi connectivity index (χ1) is 14.2. The molecule has 2 aromatic carbocycles. The van der Waals surface area contributed by atoms with E-state index in [0.717, 1.165) is 33.4 Å². The van der Waals surface area contributed by atoms with Crippen molar-refractivity contribution in [3.8, 4) is 11.1 Å². The smallest absolute Gasteiger partial charge is 0.115 e.